The van der Waals surface area contributed by atoms with Gasteiger partial charge in [0.25, 0.3) is 0 Å². The number of ether oxygens (including phenoxy) is 1. The first-order valence-electron chi connectivity index (χ1n) is 8.23. The summed E-state index contributed by atoms with van der Waals surface area (Å²) in [6, 6.07) is 8.38. The second-order valence-electron chi connectivity index (χ2n) is 6.17. The number of amides is 1. The van der Waals surface area contributed by atoms with Crippen LogP contribution in [0.2, 0.25) is 0 Å². The zero-order chi connectivity index (χ0) is 18.7. The van der Waals surface area contributed by atoms with Gasteiger partial charge in [-0.2, -0.15) is 13.2 Å². The molecular formula is C18H18F3N3O2. The van der Waals surface area contributed by atoms with E-state index in [1.807, 2.05) is 24.3 Å². The Morgan fingerprint density at radius 1 is 1.31 bits per heavy atom. The molecule has 0 saturated carbocycles. The number of rotatable bonds is 3. The molecule has 1 aliphatic rings. The number of benzene rings is 1. The molecule has 8 heteroatoms. The third-order valence-corrected chi connectivity index (χ3v) is 4.15. The van der Waals surface area contributed by atoms with Crippen molar-refractivity contribution in [2.45, 2.75) is 32.5 Å². The van der Waals surface area contributed by atoms with E-state index in [2.05, 4.69) is 15.3 Å². The van der Waals surface area contributed by atoms with E-state index < -0.39 is 11.9 Å². The van der Waals surface area contributed by atoms with Crippen molar-refractivity contribution in [1.82, 2.24) is 15.3 Å². The average molecular weight is 365 g/mol. The van der Waals surface area contributed by atoms with Crippen LogP contribution in [0.1, 0.15) is 29.2 Å². The summed E-state index contributed by atoms with van der Waals surface area (Å²) in [5.74, 6) is 0.144. The topological polar surface area (TPSA) is 64.1 Å². The van der Waals surface area contributed by atoms with Gasteiger partial charge in [-0.3, -0.25) is 4.79 Å². The number of carbonyl (C=O) groups is 1. The molecule has 1 aliphatic heterocycles. The Balaban J connectivity index is 1.67. The molecule has 5 nitrogen and oxygen atoms in total. The largest absolute Gasteiger partial charge is 0.493 e. The lowest BCUT2D eigenvalue weighted by Crippen LogP contribution is -2.32. The van der Waals surface area contributed by atoms with Crippen LogP contribution in [0.15, 0.2) is 30.3 Å². The van der Waals surface area contributed by atoms with Crippen molar-refractivity contribution in [1.29, 1.82) is 0 Å². The van der Waals surface area contributed by atoms with Crippen LogP contribution in [-0.2, 0) is 23.9 Å². The zero-order valence-corrected chi connectivity index (χ0v) is 14.1. The summed E-state index contributed by atoms with van der Waals surface area (Å²) in [5, 5.41) is 2.65. The number of aryl methyl sites for hydroxylation is 1. The number of nitrogens with one attached hydrogen (secondary N) is 1. The quantitative estimate of drug-likeness (QED) is 0.908. The van der Waals surface area contributed by atoms with Gasteiger partial charge >= 0.3 is 6.18 Å². The van der Waals surface area contributed by atoms with E-state index in [0.29, 0.717) is 19.4 Å². The lowest BCUT2D eigenvalue weighted by atomic mass is 9.96. The molecule has 138 valence electrons. The normalized spacial score (nSPS) is 17.0. The number of nitrogens with zero attached hydrogens (tertiary/aromatic N) is 2. The van der Waals surface area contributed by atoms with Crippen LogP contribution in [-0.4, -0.2) is 22.5 Å². The maximum atomic E-state index is 12.8. The van der Waals surface area contributed by atoms with Gasteiger partial charge in [0.05, 0.1) is 13.2 Å². The maximum absolute atomic E-state index is 12.8. The minimum Gasteiger partial charge on any atom is -0.493 e. The summed E-state index contributed by atoms with van der Waals surface area (Å²) in [6.45, 7) is 1.72. The van der Waals surface area contributed by atoms with Crippen LogP contribution in [0.3, 0.4) is 0 Å². The van der Waals surface area contributed by atoms with Crippen molar-refractivity contribution in [3.63, 3.8) is 0 Å². The van der Waals surface area contributed by atoms with Crippen molar-refractivity contribution in [2.75, 3.05) is 6.61 Å². The molecule has 0 spiro atoms. The Morgan fingerprint density at radius 2 is 2.08 bits per heavy atom. The fraction of sp³-hybridized carbons (Fsp3) is 0.389. The first-order chi connectivity index (χ1) is 12.3. The summed E-state index contributed by atoms with van der Waals surface area (Å²) in [5.41, 5.74) is 0.135. The number of fused-ring (bicyclic) bond motifs is 1. The molecule has 0 radical (unpaired) electrons. The molecule has 1 amide bonds. The van der Waals surface area contributed by atoms with Crippen molar-refractivity contribution >= 4 is 5.91 Å². The van der Waals surface area contributed by atoms with Gasteiger partial charge < -0.3 is 10.1 Å². The highest BCUT2D eigenvalue weighted by Gasteiger charge is 2.33. The van der Waals surface area contributed by atoms with E-state index in [-0.39, 0.29) is 29.9 Å². The van der Waals surface area contributed by atoms with Gasteiger partial charge in [0.1, 0.15) is 17.3 Å². The first kappa shape index (κ1) is 18.2. The molecule has 2 heterocycles. The standard InChI is InChI=1S/C18H18F3N3O2/c1-11-8-15(18(19,20)21)24-16(23-11)10-22-17(25)13-6-7-26-14-5-3-2-4-12(14)9-13/h2-5,8,13H,6-7,9-10H2,1H3,(H,22,25)/t13-/m0/s1. The minimum atomic E-state index is -4.55. The van der Waals surface area contributed by atoms with Crippen LogP contribution in [0.4, 0.5) is 13.2 Å². The van der Waals surface area contributed by atoms with E-state index in [1.54, 1.807) is 0 Å². The van der Waals surface area contributed by atoms with E-state index >= 15 is 0 Å². The molecule has 0 bridgehead atoms. The molecule has 1 aromatic carbocycles. The van der Waals surface area contributed by atoms with Crippen molar-refractivity contribution < 1.29 is 22.7 Å². The Labute approximate surface area is 148 Å². The number of carbonyl (C=O) groups excluding carboxylic acids is 1. The van der Waals surface area contributed by atoms with Gasteiger partial charge in [-0.25, -0.2) is 9.97 Å². The van der Waals surface area contributed by atoms with Crippen LogP contribution in [0.5, 0.6) is 5.75 Å². The van der Waals surface area contributed by atoms with Crippen LogP contribution >= 0.6 is 0 Å². The summed E-state index contributed by atoms with van der Waals surface area (Å²) in [4.78, 5) is 19.9. The van der Waals surface area contributed by atoms with E-state index in [1.165, 1.54) is 6.92 Å². The van der Waals surface area contributed by atoms with Gasteiger partial charge in [0.15, 0.2) is 0 Å². The summed E-state index contributed by atoms with van der Waals surface area (Å²) in [7, 11) is 0. The van der Waals surface area contributed by atoms with Gasteiger partial charge in [-0.15, -0.1) is 0 Å². The highest BCUT2D eigenvalue weighted by atomic mass is 19.4. The van der Waals surface area contributed by atoms with Crippen LogP contribution in [0, 0.1) is 12.8 Å². The summed E-state index contributed by atoms with van der Waals surface area (Å²) >= 11 is 0. The molecule has 0 unspecified atom stereocenters. The van der Waals surface area contributed by atoms with Gasteiger partial charge in [-0.05, 0) is 37.5 Å². The van der Waals surface area contributed by atoms with E-state index in [0.717, 1.165) is 17.4 Å². The Bertz CT molecular complexity index is 809. The van der Waals surface area contributed by atoms with Crippen molar-refractivity contribution in [3.05, 3.63) is 53.1 Å². The molecule has 26 heavy (non-hydrogen) atoms. The molecule has 0 fully saturated rings. The number of hydrogen-bond donors (Lipinski definition) is 1. The second kappa shape index (κ2) is 7.31. The van der Waals surface area contributed by atoms with E-state index in [4.69, 9.17) is 4.74 Å². The maximum Gasteiger partial charge on any atom is 0.433 e. The third kappa shape index (κ3) is 4.30. The SMILES string of the molecule is Cc1cc(C(F)(F)F)nc(CNC(=O)[C@H]2CCOc3ccccc3C2)n1. The average Bonchev–Trinajstić information content (AvgIpc) is 2.81. The molecule has 1 aromatic heterocycles. The fourth-order valence-corrected chi connectivity index (χ4v) is 2.88. The van der Waals surface area contributed by atoms with E-state index in [9.17, 15) is 18.0 Å². The second-order valence-corrected chi connectivity index (χ2v) is 6.17. The molecule has 1 atom stereocenters. The Morgan fingerprint density at radius 3 is 2.85 bits per heavy atom. The molecule has 1 N–H and O–H groups in total. The van der Waals surface area contributed by atoms with Gasteiger partial charge in [-0.1, -0.05) is 18.2 Å². The number of para-hydroxylation sites is 1. The van der Waals surface area contributed by atoms with Crippen molar-refractivity contribution in [2.24, 2.45) is 5.92 Å². The Kier molecular flexibility index (Phi) is 5.11. The number of halogens is 3. The lowest BCUT2D eigenvalue weighted by molar-refractivity contribution is -0.141. The Hall–Kier alpha value is -2.64. The number of aromatic nitrogens is 2. The third-order valence-electron chi connectivity index (χ3n) is 4.15. The lowest BCUT2D eigenvalue weighted by Gasteiger charge is -2.14. The minimum absolute atomic E-state index is 0.0593. The highest BCUT2D eigenvalue weighted by molar-refractivity contribution is 5.79. The molecular weight excluding hydrogens is 347 g/mol. The zero-order valence-electron chi connectivity index (χ0n) is 14.1. The summed E-state index contributed by atoms with van der Waals surface area (Å²) < 4.78 is 44.1. The molecule has 0 aliphatic carbocycles. The van der Waals surface area contributed by atoms with Gasteiger partial charge in [0.2, 0.25) is 5.91 Å². The summed E-state index contributed by atoms with van der Waals surface area (Å²) in [6.07, 6.45) is -3.50. The fourth-order valence-electron chi connectivity index (χ4n) is 2.88. The van der Waals surface area contributed by atoms with Gasteiger partial charge in [0, 0.05) is 11.6 Å². The number of hydrogen-bond acceptors (Lipinski definition) is 4. The highest BCUT2D eigenvalue weighted by Crippen LogP contribution is 2.28. The van der Waals surface area contributed by atoms with Crippen LogP contribution < -0.4 is 10.1 Å². The molecule has 2 aromatic rings. The molecule has 3 rings (SSSR count). The van der Waals surface area contributed by atoms with Crippen LogP contribution in [0.25, 0.3) is 0 Å². The monoisotopic (exact) mass is 365 g/mol. The first-order valence-corrected chi connectivity index (χ1v) is 8.23. The predicted octanol–water partition coefficient (Wildman–Crippen LogP) is 3.06. The number of alkyl halides is 3. The predicted molar refractivity (Wildman–Crippen MR) is 87.4 cm³/mol. The molecule has 0 saturated heterocycles. The van der Waals surface area contributed by atoms with Crippen molar-refractivity contribution in [3.8, 4) is 5.75 Å². The smallest absolute Gasteiger partial charge is 0.433 e.